The zero-order valence-electron chi connectivity index (χ0n) is 44.9. The molecule has 2 radical (unpaired) electrons. The number of nitrogens with one attached hydrogen (secondary N) is 2. The molecule has 6 N–H and O–H groups in total. The van der Waals surface area contributed by atoms with Crippen molar-refractivity contribution in [1.29, 1.82) is 0 Å². The number of nitrogens with zero attached hydrogens (tertiary/aromatic N) is 11. The Morgan fingerprint density at radius 3 is 1.38 bits per heavy atom. The number of rotatable bonds is 15. The third-order valence-corrected chi connectivity index (χ3v) is 18.8. The third-order valence-electron chi connectivity index (χ3n) is 14.8. The topological polar surface area (TPSA) is 299 Å². The summed E-state index contributed by atoms with van der Waals surface area (Å²) in [6.07, 6.45) is 16.6. The molecular formula is C56H54Cl4N14O8S2Sn. The van der Waals surface area contributed by atoms with Gasteiger partial charge in [0.25, 0.3) is 20.0 Å². The Balaban J connectivity index is 0.000000181. The summed E-state index contributed by atoms with van der Waals surface area (Å²) in [7, 11) is 2.13. The van der Waals surface area contributed by atoms with E-state index in [0.29, 0.717) is 125 Å². The molecule has 0 saturated heterocycles. The van der Waals surface area contributed by atoms with Crippen molar-refractivity contribution < 1.29 is 32.0 Å². The zero-order chi connectivity index (χ0) is 60.1. The maximum atomic E-state index is 13.5. The van der Waals surface area contributed by atoms with Gasteiger partial charge in [-0.2, -0.15) is 10.2 Å². The summed E-state index contributed by atoms with van der Waals surface area (Å²) >= 11 is 12.3. The second kappa shape index (κ2) is 26.0. The van der Waals surface area contributed by atoms with Crippen LogP contribution in [0, 0.1) is 10.1 Å². The molecule has 12 rings (SSSR count). The van der Waals surface area contributed by atoms with E-state index in [1.165, 1.54) is 43.6 Å². The predicted molar refractivity (Wildman–Crippen MR) is 329 cm³/mol. The van der Waals surface area contributed by atoms with Crippen molar-refractivity contribution in [2.75, 3.05) is 16.4 Å². The van der Waals surface area contributed by atoms with Gasteiger partial charge in [0, 0.05) is 52.6 Å². The molecule has 0 bridgehead atoms. The number of fused-ring (bicyclic) bond motifs is 2. The Morgan fingerprint density at radius 1 is 0.600 bits per heavy atom. The number of anilines is 3. The molecule has 29 heteroatoms. The minimum atomic E-state index is -3.88. The fraction of sp³-hybridized carbons (Fsp3) is 0.250. The molecule has 6 heterocycles. The minimum absolute atomic E-state index is 0.0361. The summed E-state index contributed by atoms with van der Waals surface area (Å²) in [4.78, 5) is 28.9. The van der Waals surface area contributed by atoms with Gasteiger partial charge in [-0.1, -0.05) is 96.0 Å². The first-order valence-electron chi connectivity index (χ1n) is 26.5. The molecule has 10 aromatic rings. The zero-order valence-corrected chi connectivity index (χ0v) is 52.4. The third kappa shape index (κ3) is 13.9. The monoisotopic (exact) mass is 1370 g/mol. The Bertz CT molecular complexity index is 4240. The molecule has 0 spiro atoms. The summed E-state index contributed by atoms with van der Waals surface area (Å²) in [6.45, 7) is 0.541. The molecule has 0 aliphatic heterocycles. The van der Waals surface area contributed by atoms with E-state index in [2.05, 4.69) is 35.8 Å². The van der Waals surface area contributed by atoms with E-state index in [4.69, 9.17) is 51.8 Å². The van der Waals surface area contributed by atoms with Crippen molar-refractivity contribution in [3.63, 3.8) is 0 Å². The normalized spacial score (nSPS) is 18.9. The van der Waals surface area contributed by atoms with Crippen LogP contribution in [0.3, 0.4) is 0 Å². The van der Waals surface area contributed by atoms with Gasteiger partial charge in [0.1, 0.15) is 12.4 Å². The average molecular weight is 1380 g/mol. The second-order valence-electron chi connectivity index (χ2n) is 20.6. The second-order valence-corrected chi connectivity index (χ2v) is 29.3. The molecule has 0 amide bonds. The Morgan fingerprint density at radius 2 is 0.988 bits per heavy atom. The Hall–Kier alpha value is -6.88. The fourth-order valence-electron chi connectivity index (χ4n) is 10.6. The van der Waals surface area contributed by atoms with Gasteiger partial charge < -0.3 is 26.6 Å². The number of hydrogen-bond donors (Lipinski definition) is 5. The van der Waals surface area contributed by atoms with Crippen molar-refractivity contribution in [1.82, 2.24) is 47.4 Å². The number of hydrogen-bond acceptors (Lipinski definition) is 17. The molecule has 2 fully saturated rings. The van der Waals surface area contributed by atoms with Gasteiger partial charge in [-0.3, -0.25) is 19.5 Å². The molecule has 2 saturated carbocycles. The van der Waals surface area contributed by atoms with Crippen LogP contribution >= 0.6 is 41.0 Å². The molecule has 22 nitrogen and oxygen atoms in total. The van der Waals surface area contributed by atoms with E-state index in [1.54, 1.807) is 108 Å². The van der Waals surface area contributed by atoms with Gasteiger partial charge in [-0.25, -0.2) is 44.7 Å². The van der Waals surface area contributed by atoms with E-state index in [1.807, 2.05) is 24.3 Å². The quantitative estimate of drug-likeness (QED) is 0.0362. The number of nitrogen functional groups attached to an aromatic ring is 1. The number of aromatic nitrogens is 10. The van der Waals surface area contributed by atoms with Crippen LogP contribution in [0.1, 0.15) is 51.4 Å². The summed E-state index contributed by atoms with van der Waals surface area (Å²) in [5.41, 5.74) is 7.26. The summed E-state index contributed by atoms with van der Waals surface area (Å²) in [5.74, 6) is 0.715. The van der Waals surface area contributed by atoms with Crippen LogP contribution in [0.4, 0.5) is 23.3 Å². The van der Waals surface area contributed by atoms with Crippen LogP contribution in [0.5, 0.6) is 0 Å². The first-order valence-corrected chi connectivity index (χ1v) is 37.4. The number of aliphatic hydroxyl groups is 2. The number of nitrogens with two attached hydrogens (primary N) is 1. The molecule has 6 aromatic heterocycles. The molecular weight excluding hydrogens is 1320 g/mol. The number of benzene rings is 4. The summed E-state index contributed by atoms with van der Waals surface area (Å²) in [5, 5.41) is 49.9. The van der Waals surface area contributed by atoms with E-state index in [0.717, 1.165) is 0 Å². The first-order chi connectivity index (χ1) is 40.8. The van der Waals surface area contributed by atoms with Gasteiger partial charge >= 0.3 is 42.4 Å². The van der Waals surface area contributed by atoms with Gasteiger partial charge in [0.15, 0.2) is 0 Å². The van der Waals surface area contributed by atoms with E-state index >= 15 is 0 Å². The molecule has 2 aliphatic carbocycles. The number of para-hydroxylation sites is 2. The van der Waals surface area contributed by atoms with Crippen LogP contribution in [-0.2, 0) is 33.1 Å². The molecule has 85 heavy (non-hydrogen) atoms. The fourth-order valence-corrected chi connectivity index (χ4v) is 13.8. The SMILES string of the molecule is Nc1cnn(CC2(O)CCC(Nc3ncc(Cl)c(-c4cn(S(=O)(=O)c5ccccc5)c5ccccc45)n3)CC2)c1.O=[N+]([O-])c1cnn(CC2(O)CCC(Nc3ncc(Cl)c(-c4cn(S(=O)(=O)c5ccccc5)c5ccccc45)n3)CC2)c1.[Cl][Sn][Cl]. The van der Waals surface area contributed by atoms with E-state index < -0.39 is 55.1 Å². The molecule has 440 valence electrons. The summed E-state index contributed by atoms with van der Waals surface area (Å²) < 4.78 is 59.7. The van der Waals surface area contributed by atoms with Gasteiger partial charge in [-0.15, -0.1) is 0 Å². The van der Waals surface area contributed by atoms with Crippen molar-refractivity contribution in [3.8, 4) is 22.5 Å². The standard InChI is InChI=1S/C28H26ClN7O5S.C28H28ClN7O3S.2ClH.Sn/c29-24-15-30-27(32-19-10-12-28(37,13-11-19)18-34-16-20(14-31-34)36(38)39)33-26(24)23-17-35(25-9-5-4-8-22(23)25)42(40,41)21-6-2-1-3-7-21;29-24-15-31-27(33-20-10-12-28(37,13-11-20)18-35-16-19(30)14-32-35)34-26(24)23-17-36(25-9-5-4-8-22(23)25)40(38,39)21-6-2-1-3-7-21;;;/h1-9,14-17,19,37H,10-13,18H2,(H,30,32,33);1-9,14-17,20,37H,10-13,18,30H2,(H,31,33,34);2*1H;/q;;;;+2/p-2. The van der Waals surface area contributed by atoms with Crippen LogP contribution in [0.25, 0.3) is 44.3 Å². The van der Waals surface area contributed by atoms with Crippen LogP contribution in [0.15, 0.2) is 169 Å². The predicted octanol–water partition coefficient (Wildman–Crippen LogP) is 10.4. The molecule has 0 unspecified atom stereocenters. The molecule has 4 aromatic carbocycles. The van der Waals surface area contributed by atoms with Crippen LogP contribution in [-0.4, -0.2) is 122 Å². The van der Waals surface area contributed by atoms with Crippen molar-refractivity contribution in [2.45, 2.75) is 97.5 Å². The Labute approximate surface area is 515 Å². The first kappa shape index (κ1) is 61.2. The molecule has 2 aliphatic rings. The van der Waals surface area contributed by atoms with E-state index in [9.17, 15) is 37.2 Å². The van der Waals surface area contributed by atoms with Gasteiger partial charge in [0.05, 0.1) is 95.8 Å². The number of halogens is 4. The van der Waals surface area contributed by atoms with Crippen molar-refractivity contribution in [2.24, 2.45) is 0 Å². The average Bonchev–Trinajstić information content (AvgIpc) is 2.20. The molecule has 0 atom stereocenters. The van der Waals surface area contributed by atoms with Gasteiger partial charge in [0.2, 0.25) is 11.9 Å². The van der Waals surface area contributed by atoms with Crippen LogP contribution in [0.2, 0.25) is 10.0 Å². The van der Waals surface area contributed by atoms with Gasteiger partial charge in [-0.05, 0) is 87.8 Å². The summed E-state index contributed by atoms with van der Waals surface area (Å²) in [6, 6.07) is 30.9. The van der Waals surface area contributed by atoms with Crippen LogP contribution < -0.4 is 16.4 Å². The van der Waals surface area contributed by atoms with E-state index in [-0.39, 0.29) is 39.1 Å². The Kier molecular flexibility index (Phi) is 18.7. The number of nitro groups is 1. The maximum absolute atomic E-state index is 13.5. The van der Waals surface area contributed by atoms with Crippen molar-refractivity contribution in [3.05, 3.63) is 179 Å². The van der Waals surface area contributed by atoms with Crippen molar-refractivity contribution >= 4 is 125 Å².